The van der Waals surface area contributed by atoms with E-state index in [9.17, 15) is 14.7 Å². The van der Waals surface area contributed by atoms with E-state index < -0.39 is 5.97 Å². The number of carbonyl (C=O) groups excluding carboxylic acids is 2. The fourth-order valence-corrected chi connectivity index (χ4v) is 2.18. The maximum Gasteiger partial charge on any atom is 0.228 e. The number of carboxylic acids is 1. The van der Waals surface area contributed by atoms with Crippen LogP contribution in [0, 0.1) is 0 Å². The Morgan fingerprint density at radius 1 is 1.23 bits per heavy atom. The molecule has 5 nitrogen and oxygen atoms in total. The van der Waals surface area contributed by atoms with E-state index in [1.165, 1.54) is 25.3 Å². The number of anilines is 1. The number of benzene rings is 2. The molecule has 1 amide bonds. The number of aromatic carboxylic acids is 1. The number of amides is 1. The summed E-state index contributed by atoms with van der Waals surface area (Å²) in [6.07, 6.45) is 0.0547. The zero-order valence-electron chi connectivity index (χ0n) is 11.8. The minimum Gasteiger partial charge on any atom is -0.545 e. The highest BCUT2D eigenvalue weighted by molar-refractivity contribution is 6.31. The molecule has 0 aliphatic heterocycles. The first-order chi connectivity index (χ1) is 10.5. The molecule has 22 heavy (non-hydrogen) atoms. The smallest absolute Gasteiger partial charge is 0.228 e. The second-order valence-electron chi connectivity index (χ2n) is 4.51. The Morgan fingerprint density at radius 3 is 2.64 bits per heavy atom. The molecule has 0 saturated heterocycles. The monoisotopic (exact) mass is 318 g/mol. The van der Waals surface area contributed by atoms with E-state index in [-0.39, 0.29) is 28.6 Å². The fourth-order valence-electron chi connectivity index (χ4n) is 2.01. The summed E-state index contributed by atoms with van der Waals surface area (Å²) in [5.74, 6) is -1.18. The summed E-state index contributed by atoms with van der Waals surface area (Å²) in [5.41, 5.74) is 0.677. The van der Waals surface area contributed by atoms with Crippen LogP contribution in [0.3, 0.4) is 0 Å². The van der Waals surface area contributed by atoms with Gasteiger partial charge < -0.3 is 20.0 Å². The van der Waals surface area contributed by atoms with Crippen molar-refractivity contribution in [2.45, 2.75) is 6.42 Å². The fraction of sp³-hybridized carbons (Fsp3) is 0.125. The Hall–Kier alpha value is -2.53. The number of rotatable bonds is 5. The molecule has 0 saturated carbocycles. The lowest BCUT2D eigenvalue weighted by Gasteiger charge is -2.13. The highest BCUT2D eigenvalue weighted by Gasteiger charge is 2.11. The van der Waals surface area contributed by atoms with Gasteiger partial charge in [0.1, 0.15) is 5.75 Å². The van der Waals surface area contributed by atoms with Gasteiger partial charge in [0.2, 0.25) is 5.91 Å². The Balaban J connectivity index is 2.17. The van der Waals surface area contributed by atoms with Crippen molar-refractivity contribution in [2.24, 2.45) is 0 Å². The Bertz CT molecular complexity index is 715. The third kappa shape index (κ3) is 3.77. The van der Waals surface area contributed by atoms with Crippen molar-refractivity contribution < 1.29 is 19.4 Å². The molecule has 0 atom stereocenters. The van der Waals surface area contributed by atoms with Crippen LogP contribution in [0.5, 0.6) is 5.75 Å². The van der Waals surface area contributed by atoms with Gasteiger partial charge in [-0.05, 0) is 24.3 Å². The van der Waals surface area contributed by atoms with Gasteiger partial charge in [-0.3, -0.25) is 4.79 Å². The molecule has 0 aromatic heterocycles. The maximum absolute atomic E-state index is 12.1. The quantitative estimate of drug-likeness (QED) is 0.913. The number of nitrogens with one attached hydrogen (secondary N) is 1. The van der Waals surface area contributed by atoms with E-state index in [4.69, 9.17) is 16.3 Å². The lowest BCUT2D eigenvalue weighted by atomic mass is 10.1. The Morgan fingerprint density at radius 2 is 1.95 bits per heavy atom. The van der Waals surface area contributed by atoms with E-state index >= 15 is 0 Å². The van der Waals surface area contributed by atoms with Gasteiger partial charge >= 0.3 is 0 Å². The van der Waals surface area contributed by atoms with E-state index in [0.29, 0.717) is 11.3 Å². The summed E-state index contributed by atoms with van der Waals surface area (Å²) in [4.78, 5) is 23.2. The van der Waals surface area contributed by atoms with E-state index in [2.05, 4.69) is 5.32 Å². The highest BCUT2D eigenvalue weighted by Crippen LogP contribution is 2.22. The molecule has 0 aliphatic carbocycles. The predicted octanol–water partition coefficient (Wildman–Crippen LogP) is 1.89. The number of hydrogen-bond acceptors (Lipinski definition) is 4. The number of para-hydroxylation sites is 1. The van der Waals surface area contributed by atoms with E-state index in [1.54, 1.807) is 24.3 Å². The van der Waals surface area contributed by atoms with Gasteiger partial charge in [-0.15, -0.1) is 0 Å². The van der Waals surface area contributed by atoms with Crippen molar-refractivity contribution in [3.63, 3.8) is 0 Å². The summed E-state index contributed by atoms with van der Waals surface area (Å²) < 4.78 is 5.17. The normalized spacial score (nSPS) is 10.1. The third-order valence-electron chi connectivity index (χ3n) is 3.02. The molecule has 1 N–H and O–H groups in total. The second-order valence-corrected chi connectivity index (χ2v) is 4.95. The van der Waals surface area contributed by atoms with Crippen LogP contribution in [-0.2, 0) is 11.2 Å². The Labute approximate surface area is 132 Å². The molecule has 0 unspecified atom stereocenters. The minimum absolute atomic E-state index is 0.0547. The van der Waals surface area contributed by atoms with Crippen LogP contribution in [0.15, 0.2) is 42.5 Å². The van der Waals surface area contributed by atoms with Gasteiger partial charge in [0.05, 0.1) is 19.5 Å². The lowest BCUT2D eigenvalue weighted by molar-refractivity contribution is -0.254. The number of carbonyl (C=O) groups is 2. The van der Waals surface area contributed by atoms with Crippen LogP contribution >= 0.6 is 11.6 Å². The van der Waals surface area contributed by atoms with Crippen LogP contribution < -0.4 is 15.2 Å². The highest BCUT2D eigenvalue weighted by atomic mass is 35.5. The van der Waals surface area contributed by atoms with Crippen LogP contribution in [0.2, 0.25) is 5.02 Å². The van der Waals surface area contributed by atoms with Gasteiger partial charge in [0, 0.05) is 21.8 Å². The first-order valence-electron chi connectivity index (χ1n) is 6.44. The number of halogens is 1. The molecule has 0 fully saturated rings. The van der Waals surface area contributed by atoms with Crippen molar-refractivity contribution in [3.05, 3.63) is 58.6 Å². The van der Waals surface area contributed by atoms with Crippen molar-refractivity contribution in [3.8, 4) is 5.75 Å². The average molecular weight is 319 g/mol. The van der Waals surface area contributed by atoms with Gasteiger partial charge in [-0.1, -0.05) is 29.8 Å². The summed E-state index contributed by atoms with van der Waals surface area (Å²) in [7, 11) is 1.52. The third-order valence-corrected chi connectivity index (χ3v) is 3.25. The molecular formula is C16H13ClNO4-. The summed E-state index contributed by atoms with van der Waals surface area (Å²) >= 11 is 5.75. The van der Waals surface area contributed by atoms with Crippen molar-refractivity contribution in [1.82, 2.24) is 0 Å². The van der Waals surface area contributed by atoms with Crippen LogP contribution in [0.25, 0.3) is 0 Å². The van der Waals surface area contributed by atoms with Crippen LogP contribution in [0.1, 0.15) is 15.9 Å². The molecular weight excluding hydrogens is 306 g/mol. The largest absolute Gasteiger partial charge is 0.545 e. The SMILES string of the molecule is COc1ccccc1CC(=O)Nc1ccc(Cl)cc1C(=O)[O-]. The zero-order valence-corrected chi connectivity index (χ0v) is 12.5. The molecule has 0 heterocycles. The topological polar surface area (TPSA) is 78.5 Å². The Kier molecular flexibility index (Phi) is 5.01. The molecule has 2 aromatic rings. The van der Waals surface area contributed by atoms with Crippen LogP contribution in [-0.4, -0.2) is 19.0 Å². The van der Waals surface area contributed by atoms with Crippen molar-refractivity contribution in [1.29, 1.82) is 0 Å². The summed E-state index contributed by atoms with van der Waals surface area (Å²) in [5, 5.41) is 13.9. The molecule has 0 aliphatic rings. The molecule has 6 heteroatoms. The van der Waals surface area contributed by atoms with E-state index in [0.717, 1.165) is 0 Å². The first-order valence-corrected chi connectivity index (χ1v) is 6.81. The zero-order chi connectivity index (χ0) is 16.1. The minimum atomic E-state index is -1.41. The molecule has 0 bridgehead atoms. The molecule has 0 radical (unpaired) electrons. The van der Waals surface area contributed by atoms with Crippen molar-refractivity contribution >= 4 is 29.2 Å². The first kappa shape index (κ1) is 15.9. The predicted molar refractivity (Wildman–Crippen MR) is 81.1 cm³/mol. The summed E-state index contributed by atoms with van der Waals surface area (Å²) in [6, 6.07) is 11.3. The van der Waals surface area contributed by atoms with Crippen LogP contribution in [0.4, 0.5) is 5.69 Å². The van der Waals surface area contributed by atoms with Gasteiger partial charge in [-0.25, -0.2) is 0 Å². The van der Waals surface area contributed by atoms with Gasteiger partial charge in [-0.2, -0.15) is 0 Å². The average Bonchev–Trinajstić information content (AvgIpc) is 2.49. The summed E-state index contributed by atoms with van der Waals surface area (Å²) in [6.45, 7) is 0. The number of ether oxygens (including phenoxy) is 1. The van der Waals surface area contributed by atoms with Gasteiger partial charge in [0.15, 0.2) is 0 Å². The molecule has 0 spiro atoms. The maximum atomic E-state index is 12.1. The molecule has 2 aromatic carbocycles. The number of carboxylic acid groups (broad SMARTS) is 1. The standard InChI is InChI=1S/C16H14ClNO4/c1-22-14-5-3-2-4-10(14)8-15(19)18-13-7-6-11(17)9-12(13)16(20)21/h2-7,9H,8H2,1H3,(H,18,19)(H,20,21)/p-1. The lowest BCUT2D eigenvalue weighted by Crippen LogP contribution is -2.25. The number of methoxy groups -OCH3 is 1. The molecule has 2 rings (SSSR count). The van der Waals surface area contributed by atoms with Crippen molar-refractivity contribution in [2.75, 3.05) is 12.4 Å². The second kappa shape index (κ2) is 6.95. The number of hydrogen-bond donors (Lipinski definition) is 1. The van der Waals surface area contributed by atoms with E-state index in [1.807, 2.05) is 0 Å². The molecule has 114 valence electrons. The van der Waals surface area contributed by atoms with Gasteiger partial charge in [0.25, 0.3) is 0 Å².